The van der Waals surface area contributed by atoms with E-state index in [-0.39, 0.29) is 10.3 Å². The van der Waals surface area contributed by atoms with Crippen molar-refractivity contribution in [2.24, 2.45) is 16.5 Å². The van der Waals surface area contributed by atoms with Crippen LogP contribution in [0.2, 0.25) is 0 Å². The van der Waals surface area contributed by atoms with E-state index in [9.17, 15) is 8.42 Å². The van der Waals surface area contributed by atoms with Crippen molar-refractivity contribution in [1.82, 2.24) is 16.2 Å². The molecule has 5 N–H and O–H groups in total. The van der Waals surface area contributed by atoms with Crippen molar-refractivity contribution in [1.29, 1.82) is 0 Å². The van der Waals surface area contributed by atoms with Crippen molar-refractivity contribution in [2.75, 3.05) is 19.6 Å². The minimum absolute atomic E-state index is 0.158. The van der Waals surface area contributed by atoms with E-state index < -0.39 is 10.0 Å². The van der Waals surface area contributed by atoms with Crippen molar-refractivity contribution in [3.8, 4) is 0 Å². The maximum atomic E-state index is 11.2. The Balaban J connectivity index is 1.77. The summed E-state index contributed by atoms with van der Waals surface area (Å²) in [6.45, 7) is 9.53. The molecule has 1 aliphatic rings. The van der Waals surface area contributed by atoms with E-state index in [1.54, 1.807) is 12.1 Å². The van der Waals surface area contributed by atoms with Gasteiger partial charge >= 0.3 is 0 Å². The quantitative estimate of drug-likeness (QED) is 0.569. The lowest BCUT2D eigenvalue weighted by Gasteiger charge is -2.31. The Morgan fingerprint density at radius 1 is 1.26 bits per heavy atom. The second-order valence-corrected chi connectivity index (χ2v) is 8.83. The largest absolute Gasteiger partial charge is 0.316 e. The number of nitrogens with two attached hydrogens (primary N) is 1. The Kier molecular flexibility index (Phi) is 5.80. The Labute approximate surface area is 139 Å². The molecule has 7 heteroatoms. The fourth-order valence-corrected chi connectivity index (χ4v) is 3.53. The number of hydrazine groups is 1. The van der Waals surface area contributed by atoms with Gasteiger partial charge in [0.2, 0.25) is 10.0 Å². The van der Waals surface area contributed by atoms with Gasteiger partial charge in [0.15, 0.2) is 0 Å². The molecule has 0 amide bonds. The van der Waals surface area contributed by atoms with E-state index in [1.807, 2.05) is 12.1 Å². The summed E-state index contributed by atoms with van der Waals surface area (Å²) in [6.07, 6.45) is 0.860. The normalized spacial score (nSPS) is 22.4. The third-order valence-corrected chi connectivity index (χ3v) is 5.20. The first-order valence-electron chi connectivity index (χ1n) is 7.99. The third-order valence-electron chi connectivity index (χ3n) is 4.28. The molecule has 23 heavy (non-hydrogen) atoms. The summed E-state index contributed by atoms with van der Waals surface area (Å²) in [5.74, 6) is 0.555. The maximum Gasteiger partial charge on any atom is 0.238 e. The predicted molar refractivity (Wildman–Crippen MR) is 92.3 cm³/mol. The van der Waals surface area contributed by atoms with E-state index in [4.69, 9.17) is 5.14 Å². The van der Waals surface area contributed by atoms with Crippen LogP contribution in [0.15, 0.2) is 29.2 Å². The van der Waals surface area contributed by atoms with Gasteiger partial charge in [-0.3, -0.25) is 10.9 Å². The molecule has 1 aromatic carbocycles. The Hall–Kier alpha value is -0.990. The van der Waals surface area contributed by atoms with Crippen molar-refractivity contribution in [3.05, 3.63) is 29.8 Å². The van der Waals surface area contributed by atoms with Gasteiger partial charge in [0, 0.05) is 25.0 Å². The van der Waals surface area contributed by atoms with Crippen LogP contribution in [-0.2, 0) is 16.4 Å². The van der Waals surface area contributed by atoms with Crippen LogP contribution in [0.1, 0.15) is 26.3 Å². The van der Waals surface area contributed by atoms with Gasteiger partial charge in [-0.2, -0.15) is 0 Å². The molecule has 0 bridgehead atoms. The Morgan fingerprint density at radius 3 is 2.48 bits per heavy atom. The molecule has 0 saturated carbocycles. The summed E-state index contributed by atoms with van der Waals surface area (Å²) >= 11 is 0. The first-order valence-corrected chi connectivity index (χ1v) is 9.53. The van der Waals surface area contributed by atoms with Gasteiger partial charge in [0.05, 0.1) is 4.90 Å². The molecule has 0 aromatic heterocycles. The molecular formula is C16H28N4O2S. The van der Waals surface area contributed by atoms with Crippen LogP contribution in [0.5, 0.6) is 0 Å². The lowest BCUT2D eigenvalue weighted by atomic mass is 9.80. The highest BCUT2D eigenvalue weighted by Gasteiger charge is 2.35. The van der Waals surface area contributed by atoms with Gasteiger partial charge in [0.1, 0.15) is 0 Å². The maximum absolute atomic E-state index is 11.2. The molecule has 0 aliphatic carbocycles. The van der Waals surface area contributed by atoms with E-state index in [2.05, 4.69) is 36.9 Å². The summed E-state index contributed by atoms with van der Waals surface area (Å²) < 4.78 is 22.4. The van der Waals surface area contributed by atoms with Gasteiger partial charge in [0.25, 0.3) is 0 Å². The molecule has 1 aliphatic heterocycles. The third kappa shape index (κ3) is 5.26. The van der Waals surface area contributed by atoms with Crippen LogP contribution in [0, 0.1) is 11.3 Å². The Bertz CT molecular complexity index is 608. The minimum atomic E-state index is -3.61. The topological polar surface area (TPSA) is 96.2 Å². The molecule has 1 aromatic rings. The molecule has 1 heterocycles. The summed E-state index contributed by atoms with van der Waals surface area (Å²) in [4.78, 5) is 0.158. The lowest BCUT2D eigenvalue weighted by molar-refractivity contribution is 0.235. The van der Waals surface area contributed by atoms with Crippen LogP contribution < -0.4 is 21.3 Å². The number of rotatable bonds is 6. The number of nitrogens with one attached hydrogen (secondary N) is 3. The minimum Gasteiger partial charge on any atom is -0.316 e. The first kappa shape index (κ1) is 18.4. The van der Waals surface area contributed by atoms with Gasteiger partial charge in [-0.05, 0) is 36.1 Å². The second kappa shape index (κ2) is 7.27. The predicted octanol–water partition coefficient (Wildman–Crippen LogP) is 0.605. The van der Waals surface area contributed by atoms with Gasteiger partial charge < -0.3 is 5.32 Å². The van der Waals surface area contributed by atoms with E-state index in [1.165, 1.54) is 0 Å². The van der Waals surface area contributed by atoms with E-state index in [0.29, 0.717) is 12.0 Å². The zero-order chi connectivity index (χ0) is 17.1. The number of hydrogen-bond donors (Lipinski definition) is 4. The van der Waals surface area contributed by atoms with E-state index >= 15 is 0 Å². The number of sulfonamides is 1. The highest BCUT2D eigenvalue weighted by atomic mass is 32.2. The lowest BCUT2D eigenvalue weighted by Crippen LogP contribution is -2.44. The number of primary sulfonamides is 1. The van der Waals surface area contributed by atoms with Crippen LogP contribution in [0.3, 0.4) is 0 Å². The molecule has 2 rings (SSSR count). The standard InChI is InChI=1S/C16H28N4O2S/c1-16(2,3)15-13(11-19-20-15)10-18-9-8-12-4-6-14(7-5-12)23(17,21)22/h4-7,13,15,18-20H,8-11H2,1-3H3,(H2,17,21,22). The number of benzene rings is 1. The molecule has 1 fully saturated rings. The molecule has 0 spiro atoms. The monoisotopic (exact) mass is 340 g/mol. The Morgan fingerprint density at radius 2 is 1.91 bits per heavy atom. The van der Waals surface area contributed by atoms with Crippen molar-refractivity contribution in [3.63, 3.8) is 0 Å². The van der Waals surface area contributed by atoms with Crippen molar-refractivity contribution >= 4 is 10.0 Å². The molecule has 2 unspecified atom stereocenters. The average molecular weight is 340 g/mol. The smallest absolute Gasteiger partial charge is 0.238 e. The zero-order valence-corrected chi connectivity index (χ0v) is 14.9. The second-order valence-electron chi connectivity index (χ2n) is 7.27. The van der Waals surface area contributed by atoms with E-state index in [0.717, 1.165) is 31.6 Å². The van der Waals surface area contributed by atoms with Crippen LogP contribution in [0.25, 0.3) is 0 Å². The summed E-state index contributed by atoms with van der Waals surface area (Å²) in [7, 11) is -3.61. The molecule has 130 valence electrons. The van der Waals surface area contributed by atoms with Crippen LogP contribution >= 0.6 is 0 Å². The van der Waals surface area contributed by atoms with Crippen LogP contribution in [0.4, 0.5) is 0 Å². The van der Waals surface area contributed by atoms with Gasteiger partial charge in [-0.25, -0.2) is 13.6 Å². The first-order chi connectivity index (χ1) is 10.7. The molecule has 0 radical (unpaired) electrons. The van der Waals surface area contributed by atoms with Crippen molar-refractivity contribution in [2.45, 2.75) is 38.1 Å². The highest BCUT2D eigenvalue weighted by molar-refractivity contribution is 7.89. The molecule has 2 atom stereocenters. The van der Waals surface area contributed by atoms with Crippen LogP contribution in [-0.4, -0.2) is 34.1 Å². The molecular weight excluding hydrogens is 312 g/mol. The highest BCUT2D eigenvalue weighted by Crippen LogP contribution is 2.26. The van der Waals surface area contributed by atoms with Crippen molar-refractivity contribution < 1.29 is 8.42 Å². The fraction of sp³-hybridized carbons (Fsp3) is 0.625. The molecule has 6 nitrogen and oxygen atoms in total. The number of hydrogen-bond acceptors (Lipinski definition) is 5. The SMILES string of the molecule is CC(C)(C)C1NNCC1CNCCc1ccc(S(N)(=O)=O)cc1. The van der Waals surface area contributed by atoms with Gasteiger partial charge in [-0.15, -0.1) is 0 Å². The zero-order valence-electron chi connectivity index (χ0n) is 14.1. The summed E-state index contributed by atoms with van der Waals surface area (Å²) in [5, 5.41) is 8.59. The molecule has 1 saturated heterocycles. The fourth-order valence-electron chi connectivity index (χ4n) is 3.02. The van der Waals surface area contributed by atoms with Gasteiger partial charge in [-0.1, -0.05) is 32.9 Å². The summed E-state index contributed by atoms with van der Waals surface area (Å²) in [5.41, 5.74) is 7.93. The average Bonchev–Trinajstić information content (AvgIpc) is 2.92. The summed E-state index contributed by atoms with van der Waals surface area (Å²) in [6, 6.07) is 7.20.